The molecule has 3 aliphatic rings. The number of anilines is 1. The molecular weight excluding hydrogens is 329 g/mol. The second-order valence-electron chi connectivity index (χ2n) is 6.57. The summed E-state index contributed by atoms with van der Waals surface area (Å²) in [7, 11) is 2.42. The molecule has 1 aromatic heterocycles. The maximum atomic E-state index is 14.8. The van der Waals surface area contributed by atoms with Gasteiger partial charge in [0, 0.05) is 26.7 Å². The Labute approximate surface area is 143 Å². The first kappa shape index (κ1) is 15.7. The normalized spacial score (nSPS) is 26.7. The highest BCUT2D eigenvalue weighted by atomic mass is 32.2. The first-order chi connectivity index (χ1) is 11.4. The number of aliphatic imine (C=N–C) groups is 1. The second kappa shape index (κ2) is 5.35. The van der Waals surface area contributed by atoms with Crippen LogP contribution in [0.25, 0.3) is 0 Å². The maximum Gasteiger partial charge on any atom is 0.161 e. The predicted octanol–water partition coefficient (Wildman–Crippen LogP) is 0.934. The Hall–Kier alpha value is -1.80. The number of amidine groups is 1. The number of piperazine rings is 1. The number of fused-ring (bicyclic) bond motifs is 2. The minimum Gasteiger partial charge on any atom is -0.349 e. The third-order valence-corrected chi connectivity index (χ3v) is 6.46. The van der Waals surface area contributed by atoms with Crippen molar-refractivity contribution in [3.05, 3.63) is 29.5 Å². The quantitative estimate of drug-likeness (QED) is 0.698. The standard InChI is InChI=1S/C16H20FN5OS/c1-9-13(17)14-12-15(18-9)21(4)10(2)19-16(12)22-6-5-20(3)7-11(22)8-24(14)23/h11H,2,5-8H2,1,3-4H3. The van der Waals surface area contributed by atoms with Gasteiger partial charge in [0.05, 0.1) is 38.7 Å². The van der Waals surface area contributed by atoms with E-state index in [4.69, 9.17) is 0 Å². The van der Waals surface area contributed by atoms with Gasteiger partial charge in [0.1, 0.15) is 17.5 Å². The van der Waals surface area contributed by atoms with E-state index in [0.717, 1.165) is 19.6 Å². The van der Waals surface area contributed by atoms with Crippen LogP contribution in [-0.4, -0.2) is 70.4 Å². The number of likely N-dealkylation sites (N-methyl/N-ethyl adjacent to an activating group) is 1. The van der Waals surface area contributed by atoms with Crippen LogP contribution in [0.4, 0.5) is 10.2 Å². The average Bonchev–Trinajstić information content (AvgIpc) is 2.64. The van der Waals surface area contributed by atoms with Crippen LogP contribution in [0.5, 0.6) is 0 Å². The van der Waals surface area contributed by atoms with E-state index in [1.54, 1.807) is 18.9 Å². The molecule has 0 spiro atoms. The predicted molar refractivity (Wildman–Crippen MR) is 92.3 cm³/mol. The molecule has 1 saturated heterocycles. The molecule has 8 heteroatoms. The number of halogens is 1. The highest BCUT2D eigenvalue weighted by molar-refractivity contribution is 7.85. The lowest BCUT2D eigenvalue weighted by Crippen LogP contribution is -2.55. The van der Waals surface area contributed by atoms with E-state index >= 15 is 0 Å². The van der Waals surface area contributed by atoms with Gasteiger partial charge >= 0.3 is 0 Å². The van der Waals surface area contributed by atoms with Crippen molar-refractivity contribution in [3.63, 3.8) is 0 Å². The first-order valence-electron chi connectivity index (χ1n) is 7.94. The Bertz CT molecular complexity index is 808. The van der Waals surface area contributed by atoms with E-state index in [1.807, 2.05) is 7.05 Å². The number of hydrogen-bond acceptors (Lipinski definition) is 6. The van der Waals surface area contributed by atoms with Crippen molar-refractivity contribution < 1.29 is 8.60 Å². The average molecular weight is 349 g/mol. The summed E-state index contributed by atoms with van der Waals surface area (Å²) in [4.78, 5) is 15.4. The molecule has 0 bridgehead atoms. The van der Waals surface area contributed by atoms with E-state index in [1.165, 1.54) is 0 Å². The topological polar surface area (TPSA) is 52.0 Å². The van der Waals surface area contributed by atoms with Crippen molar-refractivity contribution in [2.24, 2.45) is 4.99 Å². The first-order valence-corrected chi connectivity index (χ1v) is 9.25. The Morgan fingerprint density at radius 3 is 2.83 bits per heavy atom. The van der Waals surface area contributed by atoms with E-state index < -0.39 is 16.6 Å². The molecule has 1 fully saturated rings. The van der Waals surface area contributed by atoms with E-state index in [0.29, 0.717) is 28.8 Å². The number of aromatic nitrogens is 1. The summed E-state index contributed by atoms with van der Waals surface area (Å²) >= 11 is 0. The van der Waals surface area contributed by atoms with Crippen LogP contribution in [0, 0.1) is 12.7 Å². The molecule has 0 N–H and O–H groups in total. The van der Waals surface area contributed by atoms with Gasteiger partial charge in [-0.3, -0.25) is 4.21 Å². The molecule has 1 aromatic rings. The lowest BCUT2D eigenvalue weighted by atomic mass is 10.1. The largest absolute Gasteiger partial charge is 0.349 e. The zero-order valence-corrected chi connectivity index (χ0v) is 14.9. The summed E-state index contributed by atoms with van der Waals surface area (Å²) in [5, 5.41) is 0. The van der Waals surface area contributed by atoms with Gasteiger partial charge in [-0.1, -0.05) is 6.58 Å². The van der Waals surface area contributed by atoms with Crippen molar-refractivity contribution in [2.45, 2.75) is 17.9 Å². The molecule has 3 aliphatic heterocycles. The van der Waals surface area contributed by atoms with Crippen LogP contribution < -0.4 is 4.90 Å². The van der Waals surface area contributed by atoms with Gasteiger partial charge in [-0.2, -0.15) is 0 Å². The van der Waals surface area contributed by atoms with Gasteiger partial charge in [-0.25, -0.2) is 14.4 Å². The molecule has 0 aromatic carbocycles. The van der Waals surface area contributed by atoms with Crippen LogP contribution in [0.2, 0.25) is 0 Å². The van der Waals surface area contributed by atoms with Gasteiger partial charge in [0.2, 0.25) is 0 Å². The fourth-order valence-corrected chi connectivity index (χ4v) is 5.13. The zero-order valence-electron chi connectivity index (χ0n) is 14.0. The highest BCUT2D eigenvalue weighted by Gasteiger charge is 2.41. The van der Waals surface area contributed by atoms with Crippen molar-refractivity contribution in [1.29, 1.82) is 0 Å². The van der Waals surface area contributed by atoms with Crippen molar-refractivity contribution in [2.75, 3.05) is 44.4 Å². The SMILES string of the molecule is C=C1N=C2c3c(nc(C)c(F)c3S(=O)CC3CN(C)CCN23)N1C. The molecule has 2 atom stereocenters. The summed E-state index contributed by atoms with van der Waals surface area (Å²) in [6, 6.07) is 0.0412. The summed E-state index contributed by atoms with van der Waals surface area (Å²) < 4.78 is 27.8. The lowest BCUT2D eigenvalue weighted by molar-refractivity contribution is 0.164. The summed E-state index contributed by atoms with van der Waals surface area (Å²) in [6.45, 7) is 8.03. The number of hydrogen-bond donors (Lipinski definition) is 0. The molecule has 0 amide bonds. The summed E-state index contributed by atoms with van der Waals surface area (Å²) in [6.07, 6.45) is 0. The van der Waals surface area contributed by atoms with Crippen molar-refractivity contribution >= 4 is 22.5 Å². The van der Waals surface area contributed by atoms with Crippen LogP contribution in [0.15, 0.2) is 22.3 Å². The minimum atomic E-state index is -1.43. The Balaban J connectivity index is 2.00. The van der Waals surface area contributed by atoms with Crippen molar-refractivity contribution in [3.8, 4) is 0 Å². The van der Waals surface area contributed by atoms with Crippen LogP contribution in [0.1, 0.15) is 11.3 Å². The molecule has 24 heavy (non-hydrogen) atoms. The number of pyridine rings is 1. The monoisotopic (exact) mass is 349 g/mol. The molecule has 2 unspecified atom stereocenters. The third-order valence-electron chi connectivity index (χ3n) is 4.93. The third kappa shape index (κ3) is 2.12. The van der Waals surface area contributed by atoms with Gasteiger partial charge in [0.15, 0.2) is 5.82 Å². The van der Waals surface area contributed by atoms with Gasteiger partial charge in [0.25, 0.3) is 0 Å². The Morgan fingerprint density at radius 2 is 2.08 bits per heavy atom. The summed E-state index contributed by atoms with van der Waals surface area (Å²) in [5.74, 6) is 1.73. The molecule has 4 heterocycles. The molecule has 0 radical (unpaired) electrons. The fraction of sp³-hybridized carbons (Fsp3) is 0.500. The number of aryl methyl sites for hydroxylation is 1. The van der Waals surface area contributed by atoms with E-state index in [-0.39, 0.29) is 16.6 Å². The maximum absolute atomic E-state index is 14.8. The van der Waals surface area contributed by atoms with Crippen LogP contribution in [-0.2, 0) is 10.8 Å². The Morgan fingerprint density at radius 1 is 1.33 bits per heavy atom. The van der Waals surface area contributed by atoms with E-state index in [2.05, 4.69) is 26.4 Å². The van der Waals surface area contributed by atoms with Crippen LogP contribution >= 0.6 is 0 Å². The fourth-order valence-electron chi connectivity index (χ4n) is 3.57. The zero-order chi connectivity index (χ0) is 17.2. The molecule has 0 aliphatic carbocycles. The van der Waals surface area contributed by atoms with Gasteiger partial charge < -0.3 is 14.7 Å². The summed E-state index contributed by atoms with van der Waals surface area (Å²) in [5.41, 5.74) is 0.827. The molecule has 128 valence electrons. The van der Waals surface area contributed by atoms with Crippen LogP contribution in [0.3, 0.4) is 0 Å². The van der Waals surface area contributed by atoms with Gasteiger partial charge in [-0.15, -0.1) is 0 Å². The smallest absolute Gasteiger partial charge is 0.161 e. The lowest BCUT2D eigenvalue weighted by Gasteiger charge is -2.41. The molecular formula is C16H20FN5OS. The molecule has 6 nitrogen and oxygen atoms in total. The van der Waals surface area contributed by atoms with Gasteiger partial charge in [-0.05, 0) is 14.0 Å². The Kier molecular flexibility index (Phi) is 3.50. The minimum absolute atomic E-state index is 0.0412. The highest BCUT2D eigenvalue weighted by Crippen LogP contribution is 2.37. The molecule has 0 saturated carbocycles. The second-order valence-corrected chi connectivity index (χ2v) is 8.00. The van der Waals surface area contributed by atoms with Crippen molar-refractivity contribution in [1.82, 2.24) is 14.8 Å². The molecule has 4 rings (SSSR count). The number of nitrogens with zero attached hydrogens (tertiary/aromatic N) is 5. The number of rotatable bonds is 0. The van der Waals surface area contributed by atoms with E-state index in [9.17, 15) is 8.60 Å².